The van der Waals surface area contributed by atoms with Crippen LogP contribution in [0.2, 0.25) is 0 Å². The molecule has 0 N–H and O–H groups in total. The van der Waals surface area contributed by atoms with Gasteiger partial charge in [-0.2, -0.15) is 0 Å². The van der Waals surface area contributed by atoms with E-state index in [1.807, 2.05) is 91.0 Å². The Labute approximate surface area is 320 Å². The minimum absolute atomic E-state index is 0.571. The van der Waals surface area contributed by atoms with Gasteiger partial charge in [0.1, 0.15) is 28.7 Å². The Morgan fingerprint density at radius 2 is 0.714 bits per heavy atom. The highest BCUT2D eigenvalue weighted by atomic mass is 16.3. The Bertz CT molecular complexity index is 3110. The van der Waals surface area contributed by atoms with Gasteiger partial charge in [-0.15, -0.1) is 0 Å². The Hall–Kier alpha value is -7.77. The third-order valence-corrected chi connectivity index (χ3v) is 10.3. The Morgan fingerprint density at radius 3 is 1.29 bits per heavy atom. The van der Waals surface area contributed by atoms with Crippen LogP contribution in [0.15, 0.2) is 185 Å². The van der Waals surface area contributed by atoms with E-state index >= 15 is 0 Å². The average molecular weight is 720 g/mol. The second kappa shape index (κ2) is 13.0. The summed E-state index contributed by atoms with van der Waals surface area (Å²) in [6.07, 6.45) is 5.15. The van der Waals surface area contributed by atoms with Gasteiger partial charge in [-0.3, -0.25) is 0 Å². The highest BCUT2D eigenvalue weighted by molar-refractivity contribution is 6.07. The molecule has 0 saturated carbocycles. The van der Waals surface area contributed by atoms with Gasteiger partial charge >= 0.3 is 0 Å². The first-order chi connectivity index (χ1) is 27.7. The van der Waals surface area contributed by atoms with Crippen molar-refractivity contribution in [2.75, 3.05) is 0 Å². The fourth-order valence-corrected chi connectivity index (χ4v) is 7.51. The zero-order chi connectivity index (χ0) is 37.0. The molecule has 11 aromatic rings. The SMILES string of the molecule is c1ccc(-c2nc(-c3ccc(-c4cncnc4)cc3)nc(-c3cc(-c4ccc5oc6ccccc6c5c4)cc(-c4ccc5oc6ccccc6c5c4)c3)n2)cc1. The number of fused-ring (bicyclic) bond motifs is 6. The maximum Gasteiger partial charge on any atom is 0.164 e. The van der Waals surface area contributed by atoms with Gasteiger partial charge in [0, 0.05) is 56.2 Å². The van der Waals surface area contributed by atoms with Gasteiger partial charge in [0.2, 0.25) is 0 Å². The molecule has 4 aromatic heterocycles. The van der Waals surface area contributed by atoms with Crippen LogP contribution in [0.4, 0.5) is 0 Å². The van der Waals surface area contributed by atoms with Crippen LogP contribution in [0.1, 0.15) is 0 Å². The van der Waals surface area contributed by atoms with E-state index in [1.165, 1.54) is 6.33 Å². The zero-order valence-corrected chi connectivity index (χ0v) is 29.8. The predicted molar refractivity (Wildman–Crippen MR) is 223 cm³/mol. The minimum atomic E-state index is 0.571. The van der Waals surface area contributed by atoms with Crippen molar-refractivity contribution >= 4 is 43.9 Å². The van der Waals surface area contributed by atoms with Crippen LogP contribution >= 0.6 is 0 Å². The van der Waals surface area contributed by atoms with Crippen LogP contribution in [0, 0.1) is 0 Å². The van der Waals surface area contributed by atoms with E-state index in [4.69, 9.17) is 23.8 Å². The predicted octanol–water partition coefficient (Wildman–Crippen LogP) is 12.5. The van der Waals surface area contributed by atoms with Gasteiger partial charge in [-0.05, 0) is 82.4 Å². The number of furan rings is 2. The highest BCUT2D eigenvalue weighted by Gasteiger charge is 2.17. The summed E-state index contributed by atoms with van der Waals surface area (Å²) in [4.78, 5) is 23.7. The lowest BCUT2D eigenvalue weighted by atomic mass is 9.94. The number of hydrogen-bond acceptors (Lipinski definition) is 7. The molecular weight excluding hydrogens is 691 g/mol. The molecular formula is C49H29N5O2. The van der Waals surface area contributed by atoms with Crippen molar-refractivity contribution < 1.29 is 8.83 Å². The maximum absolute atomic E-state index is 6.20. The summed E-state index contributed by atoms with van der Waals surface area (Å²) >= 11 is 0. The molecule has 0 radical (unpaired) electrons. The first-order valence-electron chi connectivity index (χ1n) is 18.4. The minimum Gasteiger partial charge on any atom is -0.456 e. The largest absolute Gasteiger partial charge is 0.456 e. The van der Waals surface area contributed by atoms with Crippen LogP contribution in [-0.2, 0) is 0 Å². The van der Waals surface area contributed by atoms with E-state index in [-0.39, 0.29) is 0 Å². The molecule has 0 saturated heterocycles. The topological polar surface area (TPSA) is 90.7 Å². The van der Waals surface area contributed by atoms with Crippen molar-refractivity contribution in [1.82, 2.24) is 24.9 Å². The summed E-state index contributed by atoms with van der Waals surface area (Å²) in [7, 11) is 0. The summed E-state index contributed by atoms with van der Waals surface area (Å²) in [6.45, 7) is 0. The van der Waals surface area contributed by atoms with Crippen molar-refractivity contribution in [3.63, 3.8) is 0 Å². The Balaban J connectivity index is 1.11. The summed E-state index contributed by atoms with van der Waals surface area (Å²) in [5.41, 5.74) is 12.2. The fraction of sp³-hybridized carbons (Fsp3) is 0. The quantitative estimate of drug-likeness (QED) is 0.169. The molecule has 0 atom stereocenters. The van der Waals surface area contributed by atoms with Gasteiger partial charge < -0.3 is 8.83 Å². The standard InChI is InChI=1S/C49H29N5O2/c1-2-8-31(9-3-1)47-52-48(32-16-14-30(15-17-32)38-27-50-29-51-28-38)54-49(53-47)37-23-35(33-18-20-45-41(25-33)39-10-4-6-12-43(39)55-45)22-36(24-37)34-19-21-46-42(26-34)40-11-5-7-13-44(40)56-46/h1-29H. The molecule has 0 aliphatic carbocycles. The molecule has 7 aromatic carbocycles. The summed E-state index contributed by atoms with van der Waals surface area (Å²) in [5, 5.41) is 4.29. The summed E-state index contributed by atoms with van der Waals surface area (Å²) in [5.74, 6) is 1.74. The number of aromatic nitrogens is 5. The summed E-state index contributed by atoms with van der Waals surface area (Å²) in [6, 6.07) is 53.9. The highest BCUT2D eigenvalue weighted by Crippen LogP contribution is 2.38. The zero-order valence-electron chi connectivity index (χ0n) is 29.8. The van der Waals surface area contributed by atoms with Crippen LogP contribution < -0.4 is 0 Å². The number of rotatable bonds is 6. The smallest absolute Gasteiger partial charge is 0.164 e. The van der Waals surface area contributed by atoms with Crippen molar-refractivity contribution in [1.29, 1.82) is 0 Å². The molecule has 4 heterocycles. The van der Waals surface area contributed by atoms with Crippen molar-refractivity contribution in [3.8, 4) is 67.5 Å². The van der Waals surface area contributed by atoms with Gasteiger partial charge in [-0.25, -0.2) is 24.9 Å². The first-order valence-corrected chi connectivity index (χ1v) is 18.4. The molecule has 7 heteroatoms. The first kappa shape index (κ1) is 31.7. The Morgan fingerprint density at radius 1 is 0.286 bits per heavy atom. The van der Waals surface area contributed by atoms with Crippen molar-refractivity contribution in [2.45, 2.75) is 0 Å². The number of para-hydroxylation sites is 2. The van der Waals surface area contributed by atoms with Crippen LogP contribution in [-0.4, -0.2) is 24.9 Å². The molecule has 0 unspecified atom stereocenters. The van der Waals surface area contributed by atoms with Gasteiger partial charge in [0.05, 0.1) is 0 Å². The lowest BCUT2D eigenvalue weighted by molar-refractivity contribution is 0.668. The number of nitrogens with zero attached hydrogens (tertiary/aromatic N) is 5. The molecule has 56 heavy (non-hydrogen) atoms. The average Bonchev–Trinajstić information content (AvgIpc) is 3.84. The number of benzene rings is 7. The van der Waals surface area contributed by atoms with Gasteiger partial charge in [-0.1, -0.05) is 103 Å². The molecule has 262 valence electrons. The van der Waals surface area contributed by atoms with Crippen molar-refractivity contribution in [3.05, 3.63) is 176 Å². The van der Waals surface area contributed by atoms with E-state index < -0.39 is 0 Å². The molecule has 0 bridgehead atoms. The molecule has 0 aliphatic heterocycles. The Kier molecular flexibility index (Phi) is 7.35. The van der Waals surface area contributed by atoms with Crippen LogP contribution in [0.3, 0.4) is 0 Å². The number of hydrogen-bond donors (Lipinski definition) is 0. The molecule has 0 amide bonds. The van der Waals surface area contributed by atoms with E-state index in [0.717, 1.165) is 93.9 Å². The monoisotopic (exact) mass is 719 g/mol. The van der Waals surface area contributed by atoms with Crippen LogP contribution in [0.5, 0.6) is 0 Å². The second-order valence-corrected chi connectivity index (χ2v) is 13.8. The third-order valence-electron chi connectivity index (χ3n) is 10.3. The third kappa shape index (κ3) is 5.58. The van der Waals surface area contributed by atoms with Crippen molar-refractivity contribution in [2.24, 2.45) is 0 Å². The van der Waals surface area contributed by atoms with Gasteiger partial charge in [0.15, 0.2) is 17.5 Å². The van der Waals surface area contributed by atoms with E-state index in [9.17, 15) is 0 Å². The summed E-state index contributed by atoms with van der Waals surface area (Å²) < 4.78 is 12.4. The lowest BCUT2D eigenvalue weighted by Crippen LogP contribution is -2.00. The van der Waals surface area contributed by atoms with Crippen LogP contribution in [0.25, 0.3) is 111 Å². The molecule has 0 aliphatic rings. The second-order valence-electron chi connectivity index (χ2n) is 13.8. The van der Waals surface area contributed by atoms with E-state index in [0.29, 0.717) is 17.5 Å². The molecule has 0 fully saturated rings. The van der Waals surface area contributed by atoms with Gasteiger partial charge in [0.25, 0.3) is 0 Å². The van der Waals surface area contributed by atoms with E-state index in [2.05, 4.69) is 76.7 Å². The molecule has 11 rings (SSSR count). The molecule has 0 spiro atoms. The maximum atomic E-state index is 6.20. The lowest BCUT2D eigenvalue weighted by Gasteiger charge is -2.13. The van der Waals surface area contributed by atoms with E-state index in [1.54, 1.807) is 12.4 Å². The fourth-order valence-electron chi connectivity index (χ4n) is 7.51. The normalized spacial score (nSPS) is 11.6. The molecule has 7 nitrogen and oxygen atoms in total.